The number of oxazole rings is 1. The Bertz CT molecular complexity index is 342. The molecule has 1 heterocycles. The lowest BCUT2D eigenvalue weighted by molar-refractivity contribution is 0.409. The number of aromatic amines is 1. The molecule has 0 bridgehead atoms. The maximum Gasteiger partial charge on any atom is 0.416 e. The van der Waals surface area contributed by atoms with E-state index >= 15 is 0 Å². The van der Waals surface area contributed by atoms with Gasteiger partial charge in [0, 0.05) is 5.92 Å². The van der Waals surface area contributed by atoms with E-state index in [1.54, 1.807) is 0 Å². The molecule has 1 aromatic rings. The highest BCUT2D eigenvalue weighted by Crippen LogP contribution is 2.32. The van der Waals surface area contributed by atoms with Gasteiger partial charge in [-0.3, -0.25) is 4.98 Å². The van der Waals surface area contributed by atoms with Gasteiger partial charge in [-0.1, -0.05) is 25.7 Å². The van der Waals surface area contributed by atoms with Crippen molar-refractivity contribution in [2.24, 2.45) is 0 Å². The molecule has 1 aliphatic rings. The number of rotatable bonds is 1. The fourth-order valence-electron chi connectivity index (χ4n) is 2.35. The first kappa shape index (κ1) is 9.56. The molecular weight excluding hydrogens is 178 g/mol. The third-order valence-corrected chi connectivity index (χ3v) is 3.09. The molecular formula is C11H17NO2. The quantitative estimate of drug-likeness (QED) is 0.700. The van der Waals surface area contributed by atoms with Gasteiger partial charge in [-0.2, -0.15) is 0 Å². The summed E-state index contributed by atoms with van der Waals surface area (Å²) in [6.45, 7) is 1.92. The molecule has 1 aliphatic carbocycles. The molecule has 0 saturated heterocycles. The summed E-state index contributed by atoms with van der Waals surface area (Å²) < 4.78 is 5.20. The Morgan fingerprint density at radius 2 is 1.86 bits per heavy atom. The zero-order valence-electron chi connectivity index (χ0n) is 8.64. The number of aromatic nitrogens is 1. The van der Waals surface area contributed by atoms with E-state index in [1.165, 1.54) is 38.5 Å². The summed E-state index contributed by atoms with van der Waals surface area (Å²) in [5.41, 5.74) is 0.918. The van der Waals surface area contributed by atoms with Gasteiger partial charge in [-0.15, -0.1) is 0 Å². The minimum Gasteiger partial charge on any atom is -0.412 e. The SMILES string of the molecule is Cc1[nH]c(=O)oc1C1CCCCCC1. The number of nitrogens with one attached hydrogen (secondary N) is 1. The maximum absolute atomic E-state index is 11.0. The summed E-state index contributed by atoms with van der Waals surface area (Å²) in [7, 11) is 0. The van der Waals surface area contributed by atoms with Crippen molar-refractivity contribution < 1.29 is 4.42 Å². The molecule has 0 amide bonds. The van der Waals surface area contributed by atoms with Gasteiger partial charge in [0.15, 0.2) is 0 Å². The number of hydrogen-bond acceptors (Lipinski definition) is 2. The monoisotopic (exact) mass is 195 g/mol. The zero-order chi connectivity index (χ0) is 9.97. The predicted molar refractivity (Wildman–Crippen MR) is 54.5 cm³/mol. The first-order valence-electron chi connectivity index (χ1n) is 5.47. The van der Waals surface area contributed by atoms with Crippen molar-refractivity contribution in [1.29, 1.82) is 0 Å². The van der Waals surface area contributed by atoms with E-state index in [4.69, 9.17) is 4.42 Å². The van der Waals surface area contributed by atoms with E-state index in [-0.39, 0.29) is 5.76 Å². The Morgan fingerprint density at radius 3 is 2.36 bits per heavy atom. The van der Waals surface area contributed by atoms with Crippen LogP contribution < -0.4 is 5.76 Å². The lowest BCUT2D eigenvalue weighted by Gasteiger charge is -2.10. The van der Waals surface area contributed by atoms with E-state index in [1.807, 2.05) is 6.92 Å². The van der Waals surface area contributed by atoms with Gasteiger partial charge in [-0.25, -0.2) is 4.79 Å². The van der Waals surface area contributed by atoms with Crippen molar-refractivity contribution in [2.45, 2.75) is 51.4 Å². The molecule has 0 aliphatic heterocycles. The first-order valence-corrected chi connectivity index (χ1v) is 5.47. The van der Waals surface area contributed by atoms with Crippen molar-refractivity contribution >= 4 is 0 Å². The van der Waals surface area contributed by atoms with Crippen LogP contribution >= 0.6 is 0 Å². The molecule has 0 spiro atoms. The summed E-state index contributed by atoms with van der Waals surface area (Å²) in [6.07, 6.45) is 7.51. The molecule has 1 N–H and O–H groups in total. The molecule has 0 aromatic carbocycles. The summed E-state index contributed by atoms with van der Waals surface area (Å²) in [5.74, 6) is 1.06. The second kappa shape index (κ2) is 4.03. The average molecular weight is 195 g/mol. The highest BCUT2D eigenvalue weighted by atomic mass is 16.4. The van der Waals surface area contributed by atoms with Crippen LogP contribution in [-0.4, -0.2) is 4.98 Å². The Kier molecular flexibility index (Phi) is 2.75. The van der Waals surface area contributed by atoms with Crippen LogP contribution in [0.4, 0.5) is 0 Å². The summed E-state index contributed by atoms with van der Waals surface area (Å²) in [5, 5.41) is 0. The number of H-pyrrole nitrogens is 1. The predicted octanol–water partition coefficient (Wildman–Crippen LogP) is 2.71. The summed E-state index contributed by atoms with van der Waals surface area (Å²) in [6, 6.07) is 0. The standard InChI is InChI=1S/C11H17NO2/c1-8-10(14-11(13)12-8)9-6-4-2-3-5-7-9/h9H,2-7H2,1H3,(H,12,13). The molecule has 0 atom stereocenters. The Morgan fingerprint density at radius 1 is 1.21 bits per heavy atom. The molecule has 0 radical (unpaired) electrons. The van der Waals surface area contributed by atoms with Gasteiger partial charge in [0.25, 0.3) is 0 Å². The lowest BCUT2D eigenvalue weighted by atomic mass is 9.96. The van der Waals surface area contributed by atoms with E-state index < -0.39 is 0 Å². The molecule has 2 rings (SSSR count). The van der Waals surface area contributed by atoms with Crippen molar-refractivity contribution in [2.75, 3.05) is 0 Å². The molecule has 3 heteroatoms. The maximum atomic E-state index is 11.0. The van der Waals surface area contributed by atoms with Gasteiger partial charge < -0.3 is 4.42 Å². The van der Waals surface area contributed by atoms with Gasteiger partial charge in [0.2, 0.25) is 0 Å². The van der Waals surface area contributed by atoms with E-state index in [0.717, 1.165) is 11.5 Å². The van der Waals surface area contributed by atoms with E-state index in [0.29, 0.717) is 5.92 Å². The third-order valence-electron chi connectivity index (χ3n) is 3.09. The van der Waals surface area contributed by atoms with Crippen molar-refractivity contribution in [3.05, 3.63) is 22.0 Å². The van der Waals surface area contributed by atoms with Crippen molar-refractivity contribution in [1.82, 2.24) is 4.98 Å². The smallest absolute Gasteiger partial charge is 0.412 e. The topological polar surface area (TPSA) is 46.0 Å². The normalized spacial score (nSPS) is 19.5. The molecule has 14 heavy (non-hydrogen) atoms. The van der Waals surface area contributed by atoms with Gasteiger partial charge >= 0.3 is 5.76 Å². The van der Waals surface area contributed by atoms with Crippen molar-refractivity contribution in [3.63, 3.8) is 0 Å². The Hall–Kier alpha value is -0.990. The van der Waals surface area contributed by atoms with Crippen LogP contribution in [-0.2, 0) is 0 Å². The Labute approximate surface area is 83.5 Å². The zero-order valence-corrected chi connectivity index (χ0v) is 8.64. The highest BCUT2D eigenvalue weighted by molar-refractivity contribution is 5.10. The van der Waals surface area contributed by atoms with Gasteiger partial charge in [-0.05, 0) is 19.8 Å². The van der Waals surface area contributed by atoms with Gasteiger partial charge in [0.05, 0.1) is 5.69 Å². The van der Waals surface area contributed by atoms with Crippen LogP contribution in [0, 0.1) is 6.92 Å². The minimum absolute atomic E-state index is 0.304. The second-order valence-corrected chi connectivity index (χ2v) is 4.19. The molecule has 1 aromatic heterocycles. The van der Waals surface area contributed by atoms with Crippen LogP contribution in [0.1, 0.15) is 55.9 Å². The minimum atomic E-state index is -0.304. The number of aryl methyl sites for hydroxylation is 1. The van der Waals surface area contributed by atoms with Crippen LogP contribution in [0.15, 0.2) is 9.21 Å². The molecule has 0 unspecified atom stereocenters. The third kappa shape index (κ3) is 1.91. The number of hydrogen-bond donors (Lipinski definition) is 1. The molecule has 1 fully saturated rings. The fourth-order valence-corrected chi connectivity index (χ4v) is 2.35. The van der Waals surface area contributed by atoms with E-state index in [9.17, 15) is 4.79 Å². The fraction of sp³-hybridized carbons (Fsp3) is 0.727. The average Bonchev–Trinajstić information content (AvgIpc) is 2.43. The Balaban J connectivity index is 2.20. The highest BCUT2D eigenvalue weighted by Gasteiger charge is 2.20. The molecule has 3 nitrogen and oxygen atoms in total. The first-order chi connectivity index (χ1) is 6.77. The van der Waals surface area contributed by atoms with Crippen LogP contribution in [0.2, 0.25) is 0 Å². The van der Waals surface area contributed by atoms with E-state index in [2.05, 4.69) is 4.98 Å². The van der Waals surface area contributed by atoms with Crippen molar-refractivity contribution in [3.8, 4) is 0 Å². The molecule has 78 valence electrons. The van der Waals surface area contributed by atoms with Gasteiger partial charge in [0.1, 0.15) is 5.76 Å². The second-order valence-electron chi connectivity index (χ2n) is 4.19. The van der Waals surface area contributed by atoms with Crippen LogP contribution in [0.25, 0.3) is 0 Å². The lowest BCUT2D eigenvalue weighted by Crippen LogP contribution is -1.97. The largest absolute Gasteiger partial charge is 0.416 e. The summed E-state index contributed by atoms with van der Waals surface area (Å²) >= 11 is 0. The van der Waals surface area contributed by atoms with Crippen LogP contribution in [0.3, 0.4) is 0 Å². The molecule has 1 saturated carbocycles. The summed E-state index contributed by atoms with van der Waals surface area (Å²) in [4.78, 5) is 13.7. The van der Waals surface area contributed by atoms with Crippen LogP contribution in [0.5, 0.6) is 0 Å².